The second kappa shape index (κ2) is 8.62. The Balaban J connectivity index is 1.58. The summed E-state index contributed by atoms with van der Waals surface area (Å²) < 4.78 is 0. The maximum absolute atomic E-state index is 12.4. The number of thiophene rings is 1. The van der Waals surface area contributed by atoms with Gasteiger partial charge in [0.15, 0.2) is 0 Å². The van der Waals surface area contributed by atoms with Crippen LogP contribution >= 0.6 is 11.3 Å². The van der Waals surface area contributed by atoms with E-state index in [1.807, 2.05) is 13.8 Å². The van der Waals surface area contributed by atoms with Crippen molar-refractivity contribution in [3.63, 3.8) is 0 Å². The summed E-state index contributed by atoms with van der Waals surface area (Å²) in [5.74, 6) is 0.632. The smallest absolute Gasteiger partial charge is 0.259 e. The fourth-order valence-corrected chi connectivity index (χ4v) is 4.51. The fourth-order valence-electron chi connectivity index (χ4n) is 3.46. The van der Waals surface area contributed by atoms with E-state index in [-0.39, 0.29) is 11.5 Å². The van der Waals surface area contributed by atoms with Crippen molar-refractivity contribution < 1.29 is 0 Å². The van der Waals surface area contributed by atoms with E-state index in [1.165, 1.54) is 0 Å². The summed E-state index contributed by atoms with van der Waals surface area (Å²) in [7, 11) is 0. The van der Waals surface area contributed by atoms with Crippen molar-refractivity contribution in [3.05, 3.63) is 26.6 Å². The lowest BCUT2D eigenvalue weighted by Gasteiger charge is -2.35. The molecule has 1 aliphatic rings. The van der Waals surface area contributed by atoms with Crippen LogP contribution in [0.3, 0.4) is 0 Å². The average Bonchev–Trinajstić information content (AvgIpc) is 2.94. The summed E-state index contributed by atoms with van der Waals surface area (Å²) in [6.07, 6.45) is 1.07. The molecule has 1 saturated heterocycles. The number of fused-ring (bicyclic) bond motifs is 1. The zero-order valence-corrected chi connectivity index (χ0v) is 16.6. The number of rotatable bonds is 6. The van der Waals surface area contributed by atoms with Gasteiger partial charge in [0.2, 0.25) is 0 Å². The Bertz CT molecular complexity index is 942. The summed E-state index contributed by atoms with van der Waals surface area (Å²) in [6, 6.07) is 4.42. The van der Waals surface area contributed by atoms with Gasteiger partial charge in [0.25, 0.3) is 5.56 Å². The molecule has 1 atom stereocenters. The second-order valence-corrected chi connectivity index (χ2v) is 8.28. The maximum atomic E-state index is 12.4. The highest BCUT2D eigenvalue weighted by Crippen LogP contribution is 2.25. The molecule has 1 fully saturated rings. The molecule has 1 unspecified atom stereocenters. The first kappa shape index (κ1) is 19.5. The zero-order chi connectivity index (χ0) is 19.4. The van der Waals surface area contributed by atoms with Gasteiger partial charge in [-0.1, -0.05) is 0 Å². The predicted octanol–water partition coefficient (Wildman–Crippen LogP) is 2.16. The molecule has 27 heavy (non-hydrogen) atoms. The highest BCUT2D eigenvalue weighted by atomic mass is 32.1. The van der Waals surface area contributed by atoms with Crippen LogP contribution in [0.5, 0.6) is 0 Å². The first-order valence-corrected chi connectivity index (χ1v) is 10.0. The molecule has 0 aromatic carbocycles. The van der Waals surface area contributed by atoms with Crippen LogP contribution < -0.4 is 5.56 Å². The normalized spacial score (nSPS) is 16.9. The molecule has 0 bridgehead atoms. The van der Waals surface area contributed by atoms with Crippen LogP contribution in [-0.2, 0) is 6.54 Å². The Morgan fingerprint density at radius 1 is 1.22 bits per heavy atom. The van der Waals surface area contributed by atoms with Gasteiger partial charge in [0, 0.05) is 44.0 Å². The van der Waals surface area contributed by atoms with Gasteiger partial charge in [-0.25, -0.2) is 4.98 Å². The molecule has 7 nitrogen and oxygen atoms in total. The van der Waals surface area contributed by atoms with Gasteiger partial charge in [-0.3, -0.25) is 14.6 Å². The van der Waals surface area contributed by atoms with Crippen molar-refractivity contribution in [1.82, 2.24) is 19.8 Å². The van der Waals surface area contributed by atoms with E-state index < -0.39 is 0 Å². The third-order valence-electron chi connectivity index (χ3n) is 5.19. The number of hydrogen-bond donors (Lipinski definition) is 1. The van der Waals surface area contributed by atoms with Crippen LogP contribution in [0, 0.1) is 42.4 Å². The van der Waals surface area contributed by atoms with Crippen molar-refractivity contribution in [2.24, 2.45) is 5.92 Å². The number of nitriles is 2. The van der Waals surface area contributed by atoms with E-state index in [0.717, 1.165) is 48.0 Å². The van der Waals surface area contributed by atoms with Crippen LogP contribution in [0.25, 0.3) is 10.2 Å². The van der Waals surface area contributed by atoms with E-state index in [1.54, 1.807) is 11.3 Å². The number of hydrogen-bond acceptors (Lipinski definition) is 7. The minimum Gasteiger partial charge on any atom is -0.309 e. The third kappa shape index (κ3) is 4.54. The molecule has 8 heteroatoms. The Labute approximate surface area is 162 Å². The Hall–Kier alpha value is -2.26. The summed E-state index contributed by atoms with van der Waals surface area (Å²) in [5.41, 5.74) is 0.970. The summed E-state index contributed by atoms with van der Waals surface area (Å²) in [6.45, 7) is 8.86. The van der Waals surface area contributed by atoms with E-state index in [9.17, 15) is 10.1 Å². The quantitative estimate of drug-likeness (QED) is 0.819. The van der Waals surface area contributed by atoms with E-state index in [0.29, 0.717) is 30.6 Å². The van der Waals surface area contributed by atoms with Crippen LogP contribution in [0.1, 0.15) is 29.1 Å². The van der Waals surface area contributed by atoms with Gasteiger partial charge in [-0.15, -0.1) is 11.3 Å². The summed E-state index contributed by atoms with van der Waals surface area (Å²) in [5, 5.41) is 18.6. The summed E-state index contributed by atoms with van der Waals surface area (Å²) in [4.78, 5) is 26.5. The molecule has 0 spiro atoms. The average molecular weight is 385 g/mol. The zero-order valence-electron chi connectivity index (χ0n) is 15.8. The van der Waals surface area contributed by atoms with Gasteiger partial charge in [0.05, 0.1) is 30.0 Å². The molecule has 0 radical (unpaired) electrons. The molecule has 142 valence electrons. The topological polar surface area (TPSA) is 99.8 Å². The Morgan fingerprint density at radius 3 is 2.59 bits per heavy atom. The van der Waals surface area contributed by atoms with Crippen LogP contribution in [-0.4, -0.2) is 52.5 Å². The monoisotopic (exact) mass is 384 g/mol. The number of aromatic amines is 1. The van der Waals surface area contributed by atoms with E-state index >= 15 is 0 Å². The molecular formula is C19H24N6OS. The SMILES string of the molecule is Cc1sc2nc(CN3CCN(CC(C#N)CCC#N)CC3)[nH]c(=O)c2c1C. The number of piperazine rings is 1. The maximum Gasteiger partial charge on any atom is 0.259 e. The molecule has 1 aliphatic heterocycles. The molecular weight excluding hydrogens is 360 g/mol. The molecule has 0 aliphatic carbocycles. The first-order chi connectivity index (χ1) is 13.0. The second-order valence-electron chi connectivity index (χ2n) is 7.08. The standard InChI is InChI=1S/C19H24N6OS/c1-13-14(2)27-19-17(13)18(26)22-16(23-19)12-25-8-6-24(7-9-25)11-15(10-21)4-3-5-20/h15H,3-4,6-9,11-12H2,1-2H3,(H,22,23,26). The van der Waals surface area contributed by atoms with Gasteiger partial charge in [-0.05, 0) is 25.8 Å². The first-order valence-electron chi connectivity index (χ1n) is 9.22. The highest BCUT2D eigenvalue weighted by Gasteiger charge is 2.21. The van der Waals surface area contributed by atoms with Crippen LogP contribution in [0.4, 0.5) is 0 Å². The van der Waals surface area contributed by atoms with E-state index in [2.05, 4.69) is 31.9 Å². The lowest BCUT2D eigenvalue weighted by Crippen LogP contribution is -2.47. The fraction of sp³-hybridized carbons (Fsp3) is 0.579. The van der Waals surface area contributed by atoms with Crippen molar-refractivity contribution in [1.29, 1.82) is 10.5 Å². The van der Waals surface area contributed by atoms with E-state index in [4.69, 9.17) is 5.26 Å². The van der Waals surface area contributed by atoms with Crippen molar-refractivity contribution in [2.75, 3.05) is 32.7 Å². The third-order valence-corrected chi connectivity index (χ3v) is 6.29. The minimum atomic E-state index is -0.0815. The van der Waals surface area contributed by atoms with Gasteiger partial charge >= 0.3 is 0 Å². The molecule has 0 amide bonds. The summed E-state index contributed by atoms with van der Waals surface area (Å²) >= 11 is 1.57. The minimum absolute atomic E-state index is 0.0511. The number of nitrogens with zero attached hydrogens (tertiary/aromatic N) is 5. The largest absolute Gasteiger partial charge is 0.309 e. The number of aromatic nitrogens is 2. The predicted molar refractivity (Wildman–Crippen MR) is 105 cm³/mol. The van der Waals surface area contributed by atoms with Crippen LogP contribution in [0.2, 0.25) is 0 Å². The van der Waals surface area contributed by atoms with Gasteiger partial charge < -0.3 is 4.98 Å². The highest BCUT2D eigenvalue weighted by molar-refractivity contribution is 7.18. The van der Waals surface area contributed by atoms with Crippen molar-refractivity contribution in [3.8, 4) is 12.1 Å². The molecule has 3 heterocycles. The number of nitrogens with one attached hydrogen (secondary N) is 1. The Kier molecular flexibility index (Phi) is 6.22. The molecule has 2 aromatic rings. The number of H-pyrrole nitrogens is 1. The number of aryl methyl sites for hydroxylation is 2. The molecule has 1 N–H and O–H groups in total. The van der Waals surface area contributed by atoms with Crippen LogP contribution in [0.15, 0.2) is 4.79 Å². The Morgan fingerprint density at radius 2 is 1.93 bits per heavy atom. The van der Waals surface area contributed by atoms with Gasteiger partial charge in [-0.2, -0.15) is 10.5 Å². The molecule has 3 rings (SSSR count). The molecule has 0 saturated carbocycles. The van der Waals surface area contributed by atoms with Crippen molar-refractivity contribution in [2.45, 2.75) is 33.2 Å². The van der Waals surface area contributed by atoms with Gasteiger partial charge in [0.1, 0.15) is 10.7 Å². The molecule has 2 aromatic heterocycles. The lowest BCUT2D eigenvalue weighted by atomic mass is 10.0. The lowest BCUT2D eigenvalue weighted by molar-refractivity contribution is 0.116. The van der Waals surface area contributed by atoms with Crippen molar-refractivity contribution >= 4 is 21.6 Å².